The van der Waals surface area contributed by atoms with E-state index in [1.807, 2.05) is 38.1 Å². The molecule has 27 heavy (non-hydrogen) atoms. The SMILES string of the molecule is Cc1ccc(-c2nc(C)sc2CC(=O)NC(C)c2ccc(F)c(F)c2)cc1. The zero-order chi connectivity index (χ0) is 19.6. The summed E-state index contributed by atoms with van der Waals surface area (Å²) in [5.74, 6) is -2.02. The van der Waals surface area contributed by atoms with E-state index in [1.54, 1.807) is 6.92 Å². The molecule has 0 spiro atoms. The second-order valence-corrected chi connectivity index (χ2v) is 7.80. The maximum atomic E-state index is 13.4. The number of hydrogen-bond acceptors (Lipinski definition) is 3. The first kappa shape index (κ1) is 19.2. The van der Waals surface area contributed by atoms with Gasteiger partial charge in [-0.05, 0) is 38.5 Å². The number of nitrogens with zero attached hydrogens (tertiary/aromatic N) is 1. The van der Waals surface area contributed by atoms with Crippen LogP contribution >= 0.6 is 11.3 Å². The van der Waals surface area contributed by atoms with Crippen molar-refractivity contribution in [1.29, 1.82) is 0 Å². The highest BCUT2D eigenvalue weighted by molar-refractivity contribution is 7.12. The minimum absolute atomic E-state index is 0.183. The lowest BCUT2D eigenvalue weighted by Gasteiger charge is -2.14. The van der Waals surface area contributed by atoms with E-state index in [0.717, 1.165) is 38.8 Å². The number of carbonyl (C=O) groups is 1. The van der Waals surface area contributed by atoms with Crippen molar-refractivity contribution in [3.8, 4) is 11.3 Å². The zero-order valence-corrected chi connectivity index (χ0v) is 16.2. The maximum absolute atomic E-state index is 13.4. The first-order valence-corrected chi connectivity index (χ1v) is 9.43. The minimum Gasteiger partial charge on any atom is -0.349 e. The third-order valence-electron chi connectivity index (χ3n) is 4.27. The highest BCUT2D eigenvalue weighted by Gasteiger charge is 2.17. The average molecular weight is 386 g/mol. The van der Waals surface area contributed by atoms with E-state index in [9.17, 15) is 13.6 Å². The van der Waals surface area contributed by atoms with E-state index in [0.29, 0.717) is 5.56 Å². The second kappa shape index (κ2) is 7.96. The Morgan fingerprint density at radius 2 is 1.81 bits per heavy atom. The van der Waals surface area contributed by atoms with Crippen LogP contribution in [0.15, 0.2) is 42.5 Å². The number of halogens is 2. The fourth-order valence-electron chi connectivity index (χ4n) is 2.83. The molecule has 1 heterocycles. The number of aromatic nitrogens is 1. The Bertz CT molecular complexity index is 967. The van der Waals surface area contributed by atoms with E-state index in [2.05, 4.69) is 10.3 Å². The number of nitrogens with one attached hydrogen (secondary N) is 1. The Hall–Kier alpha value is -2.60. The van der Waals surface area contributed by atoms with Crippen molar-refractivity contribution in [2.75, 3.05) is 0 Å². The van der Waals surface area contributed by atoms with Crippen LogP contribution in [0.25, 0.3) is 11.3 Å². The minimum atomic E-state index is -0.923. The first-order valence-electron chi connectivity index (χ1n) is 8.61. The number of hydrogen-bond donors (Lipinski definition) is 1. The standard InChI is InChI=1S/C21H20F2N2OS/c1-12-4-6-15(7-5-12)21-19(27-14(3)25-21)11-20(26)24-13(2)16-8-9-17(22)18(23)10-16/h4-10,13H,11H2,1-3H3,(H,24,26). The molecule has 0 radical (unpaired) electrons. The van der Waals surface area contributed by atoms with Crippen molar-refractivity contribution in [2.45, 2.75) is 33.2 Å². The summed E-state index contributed by atoms with van der Waals surface area (Å²) in [6, 6.07) is 11.2. The molecular weight excluding hydrogens is 366 g/mol. The lowest BCUT2D eigenvalue weighted by Crippen LogP contribution is -2.28. The molecule has 6 heteroatoms. The summed E-state index contributed by atoms with van der Waals surface area (Å²) in [6.07, 6.45) is 0.183. The molecule has 0 bridgehead atoms. The fraction of sp³-hybridized carbons (Fsp3) is 0.238. The van der Waals surface area contributed by atoms with Crippen LogP contribution in [0, 0.1) is 25.5 Å². The van der Waals surface area contributed by atoms with Crippen LogP contribution < -0.4 is 5.32 Å². The summed E-state index contributed by atoms with van der Waals surface area (Å²) in [5.41, 5.74) is 3.46. The Labute approximate surface area is 161 Å². The van der Waals surface area contributed by atoms with Gasteiger partial charge in [0.1, 0.15) is 0 Å². The van der Waals surface area contributed by atoms with Crippen LogP contribution in [0.2, 0.25) is 0 Å². The lowest BCUT2D eigenvalue weighted by molar-refractivity contribution is -0.121. The van der Waals surface area contributed by atoms with Gasteiger partial charge in [-0.15, -0.1) is 11.3 Å². The van der Waals surface area contributed by atoms with Crippen molar-refractivity contribution in [1.82, 2.24) is 10.3 Å². The van der Waals surface area contributed by atoms with Gasteiger partial charge in [0.25, 0.3) is 0 Å². The number of amides is 1. The van der Waals surface area contributed by atoms with Gasteiger partial charge in [0, 0.05) is 10.4 Å². The van der Waals surface area contributed by atoms with Crippen LogP contribution in [-0.4, -0.2) is 10.9 Å². The molecule has 0 aliphatic heterocycles. The molecule has 3 aromatic rings. The number of aryl methyl sites for hydroxylation is 2. The molecule has 1 N–H and O–H groups in total. The lowest BCUT2D eigenvalue weighted by atomic mass is 10.1. The molecule has 0 aliphatic carbocycles. The average Bonchev–Trinajstić information content (AvgIpc) is 2.98. The van der Waals surface area contributed by atoms with E-state index < -0.39 is 17.7 Å². The predicted octanol–water partition coefficient (Wildman–Crippen LogP) is 5.13. The Morgan fingerprint density at radius 1 is 1.11 bits per heavy atom. The van der Waals surface area contributed by atoms with Gasteiger partial charge in [-0.2, -0.15) is 0 Å². The predicted molar refractivity (Wildman–Crippen MR) is 104 cm³/mol. The molecule has 2 aromatic carbocycles. The van der Waals surface area contributed by atoms with Crippen LogP contribution in [0.3, 0.4) is 0 Å². The van der Waals surface area contributed by atoms with Crippen molar-refractivity contribution in [3.63, 3.8) is 0 Å². The van der Waals surface area contributed by atoms with Gasteiger partial charge in [-0.25, -0.2) is 13.8 Å². The highest BCUT2D eigenvalue weighted by Crippen LogP contribution is 2.29. The topological polar surface area (TPSA) is 42.0 Å². The van der Waals surface area contributed by atoms with Crippen molar-refractivity contribution >= 4 is 17.2 Å². The summed E-state index contributed by atoms with van der Waals surface area (Å²) in [4.78, 5) is 17.9. The van der Waals surface area contributed by atoms with Gasteiger partial charge < -0.3 is 5.32 Å². The maximum Gasteiger partial charge on any atom is 0.225 e. The second-order valence-electron chi connectivity index (χ2n) is 6.51. The van der Waals surface area contributed by atoms with Crippen molar-refractivity contribution in [3.05, 3.63) is 75.1 Å². The fourth-order valence-corrected chi connectivity index (χ4v) is 3.79. The van der Waals surface area contributed by atoms with Crippen molar-refractivity contribution < 1.29 is 13.6 Å². The third kappa shape index (κ3) is 4.57. The third-order valence-corrected chi connectivity index (χ3v) is 5.24. The largest absolute Gasteiger partial charge is 0.349 e. The molecule has 1 atom stereocenters. The molecule has 0 saturated carbocycles. The zero-order valence-electron chi connectivity index (χ0n) is 15.3. The Morgan fingerprint density at radius 3 is 2.48 bits per heavy atom. The summed E-state index contributed by atoms with van der Waals surface area (Å²) in [7, 11) is 0. The summed E-state index contributed by atoms with van der Waals surface area (Å²) < 4.78 is 26.5. The quantitative estimate of drug-likeness (QED) is 0.661. The van der Waals surface area contributed by atoms with Gasteiger partial charge in [0.2, 0.25) is 5.91 Å². The van der Waals surface area contributed by atoms with E-state index in [-0.39, 0.29) is 12.3 Å². The highest BCUT2D eigenvalue weighted by atomic mass is 32.1. The van der Waals surface area contributed by atoms with Crippen LogP contribution in [0.5, 0.6) is 0 Å². The molecule has 0 aliphatic rings. The van der Waals surface area contributed by atoms with Crippen molar-refractivity contribution in [2.24, 2.45) is 0 Å². The molecule has 1 amide bonds. The number of carbonyl (C=O) groups excluding carboxylic acids is 1. The Balaban J connectivity index is 1.74. The van der Waals surface area contributed by atoms with Gasteiger partial charge >= 0.3 is 0 Å². The van der Waals surface area contributed by atoms with Crippen LogP contribution in [-0.2, 0) is 11.2 Å². The van der Waals surface area contributed by atoms with E-state index in [4.69, 9.17) is 0 Å². The molecule has 0 fully saturated rings. The van der Waals surface area contributed by atoms with Gasteiger partial charge in [-0.1, -0.05) is 35.9 Å². The Kier molecular flexibility index (Phi) is 5.65. The molecule has 1 aromatic heterocycles. The van der Waals surface area contributed by atoms with E-state index in [1.165, 1.54) is 17.4 Å². The van der Waals surface area contributed by atoms with E-state index >= 15 is 0 Å². The molecular formula is C21H20F2N2OS. The first-order chi connectivity index (χ1) is 12.8. The van der Waals surface area contributed by atoms with Gasteiger partial charge in [0.05, 0.1) is 23.2 Å². The summed E-state index contributed by atoms with van der Waals surface area (Å²) in [5, 5.41) is 3.73. The normalized spacial score (nSPS) is 12.0. The van der Waals surface area contributed by atoms with Gasteiger partial charge in [0.15, 0.2) is 11.6 Å². The van der Waals surface area contributed by atoms with Gasteiger partial charge in [-0.3, -0.25) is 4.79 Å². The smallest absolute Gasteiger partial charge is 0.225 e. The molecule has 3 nitrogen and oxygen atoms in total. The van der Waals surface area contributed by atoms with Crippen LogP contribution in [0.4, 0.5) is 8.78 Å². The van der Waals surface area contributed by atoms with Crippen LogP contribution in [0.1, 0.15) is 34.0 Å². The molecule has 3 rings (SSSR count). The number of thiazole rings is 1. The summed E-state index contributed by atoms with van der Waals surface area (Å²) >= 11 is 1.49. The molecule has 0 saturated heterocycles. The monoisotopic (exact) mass is 386 g/mol. The number of benzene rings is 2. The molecule has 140 valence electrons. The molecule has 1 unspecified atom stereocenters. The number of rotatable bonds is 5. The summed E-state index contributed by atoms with van der Waals surface area (Å²) in [6.45, 7) is 5.67.